The summed E-state index contributed by atoms with van der Waals surface area (Å²) in [7, 11) is 3.47. The molecule has 0 aromatic carbocycles. The summed E-state index contributed by atoms with van der Waals surface area (Å²) in [4.78, 5) is 24.4. The summed E-state index contributed by atoms with van der Waals surface area (Å²) in [6.45, 7) is 0.377. The Bertz CT molecular complexity index is 659. The zero-order valence-corrected chi connectivity index (χ0v) is 13.1. The van der Waals surface area contributed by atoms with E-state index in [4.69, 9.17) is 5.11 Å². The molecule has 1 amide bonds. The Morgan fingerprint density at radius 3 is 2.71 bits per heavy atom. The SMILES string of the molecule is CN(Cc1c(Br)cnn1C)C(=O)Cn1ccc(C(=O)O)n1. The van der Waals surface area contributed by atoms with Crippen LogP contribution in [0.5, 0.6) is 0 Å². The van der Waals surface area contributed by atoms with Gasteiger partial charge >= 0.3 is 5.97 Å². The molecule has 21 heavy (non-hydrogen) atoms. The molecule has 112 valence electrons. The molecule has 2 aromatic rings. The number of hydrogen-bond donors (Lipinski definition) is 1. The van der Waals surface area contributed by atoms with Crippen LogP contribution in [0.3, 0.4) is 0 Å². The third kappa shape index (κ3) is 3.48. The van der Waals surface area contributed by atoms with Gasteiger partial charge in [0.2, 0.25) is 5.91 Å². The van der Waals surface area contributed by atoms with Gasteiger partial charge in [-0.05, 0) is 22.0 Å². The van der Waals surface area contributed by atoms with E-state index in [-0.39, 0.29) is 18.1 Å². The van der Waals surface area contributed by atoms with Crippen molar-refractivity contribution >= 4 is 27.8 Å². The smallest absolute Gasteiger partial charge is 0.356 e. The molecule has 0 spiro atoms. The molecule has 0 radical (unpaired) electrons. The number of carboxylic acid groups (broad SMARTS) is 1. The molecule has 2 heterocycles. The average Bonchev–Trinajstić information content (AvgIpc) is 3.00. The molecule has 0 aliphatic heterocycles. The van der Waals surface area contributed by atoms with Crippen LogP contribution >= 0.6 is 15.9 Å². The number of carbonyl (C=O) groups is 2. The summed E-state index contributed by atoms with van der Waals surface area (Å²) in [6, 6.07) is 1.35. The molecule has 2 aromatic heterocycles. The van der Waals surface area contributed by atoms with Gasteiger partial charge in [-0.15, -0.1) is 0 Å². The lowest BCUT2D eigenvalue weighted by molar-refractivity contribution is -0.131. The first kappa shape index (κ1) is 15.2. The third-order valence-electron chi connectivity index (χ3n) is 2.98. The van der Waals surface area contributed by atoms with Crippen LogP contribution in [0.4, 0.5) is 0 Å². The highest BCUT2D eigenvalue weighted by molar-refractivity contribution is 9.10. The minimum absolute atomic E-state index is 0.0146. The largest absolute Gasteiger partial charge is 0.476 e. The number of aromatic carboxylic acids is 1. The fraction of sp³-hybridized carbons (Fsp3) is 0.333. The van der Waals surface area contributed by atoms with Crippen LogP contribution in [0.2, 0.25) is 0 Å². The summed E-state index contributed by atoms with van der Waals surface area (Å²) in [6.07, 6.45) is 3.13. The first-order valence-electron chi connectivity index (χ1n) is 6.05. The summed E-state index contributed by atoms with van der Waals surface area (Å²) in [5, 5.41) is 16.7. The van der Waals surface area contributed by atoms with Gasteiger partial charge in [-0.25, -0.2) is 4.79 Å². The minimum atomic E-state index is -1.12. The van der Waals surface area contributed by atoms with E-state index < -0.39 is 5.97 Å². The number of carboxylic acids is 1. The molecule has 8 nitrogen and oxygen atoms in total. The fourth-order valence-electron chi connectivity index (χ4n) is 1.75. The van der Waals surface area contributed by atoms with Gasteiger partial charge in [0.25, 0.3) is 0 Å². The van der Waals surface area contributed by atoms with Crippen molar-refractivity contribution in [3.8, 4) is 0 Å². The van der Waals surface area contributed by atoms with Crippen LogP contribution in [0.1, 0.15) is 16.2 Å². The van der Waals surface area contributed by atoms with E-state index in [1.807, 2.05) is 0 Å². The van der Waals surface area contributed by atoms with Crippen molar-refractivity contribution < 1.29 is 14.7 Å². The fourth-order valence-corrected chi connectivity index (χ4v) is 2.22. The van der Waals surface area contributed by atoms with Gasteiger partial charge in [-0.3, -0.25) is 14.2 Å². The van der Waals surface area contributed by atoms with Crippen LogP contribution < -0.4 is 0 Å². The number of likely N-dealkylation sites (N-methyl/N-ethyl adjacent to an activating group) is 1. The number of nitrogens with zero attached hydrogens (tertiary/aromatic N) is 5. The average molecular weight is 356 g/mol. The van der Waals surface area contributed by atoms with E-state index in [1.54, 1.807) is 25.0 Å². The summed E-state index contributed by atoms with van der Waals surface area (Å²) < 4.78 is 3.82. The van der Waals surface area contributed by atoms with Gasteiger partial charge in [-0.2, -0.15) is 10.2 Å². The highest BCUT2D eigenvalue weighted by atomic mass is 79.9. The van der Waals surface area contributed by atoms with E-state index in [2.05, 4.69) is 26.1 Å². The second kappa shape index (κ2) is 6.08. The van der Waals surface area contributed by atoms with Gasteiger partial charge in [0.15, 0.2) is 5.69 Å². The molecular weight excluding hydrogens is 342 g/mol. The number of hydrogen-bond acceptors (Lipinski definition) is 4. The van der Waals surface area contributed by atoms with Crippen LogP contribution in [0.15, 0.2) is 22.9 Å². The molecule has 0 fully saturated rings. The first-order chi connectivity index (χ1) is 9.88. The molecular formula is C12H14BrN5O3. The van der Waals surface area contributed by atoms with Gasteiger partial charge in [0.1, 0.15) is 6.54 Å². The summed E-state index contributed by atoms with van der Waals surface area (Å²) in [5.41, 5.74) is 0.789. The van der Waals surface area contributed by atoms with Crippen molar-refractivity contribution in [2.75, 3.05) is 7.05 Å². The molecule has 2 rings (SSSR count). The zero-order valence-electron chi connectivity index (χ0n) is 11.5. The number of halogens is 1. The second-order valence-electron chi connectivity index (χ2n) is 4.52. The second-order valence-corrected chi connectivity index (χ2v) is 5.37. The highest BCUT2D eigenvalue weighted by Gasteiger charge is 2.15. The van der Waals surface area contributed by atoms with E-state index in [0.717, 1.165) is 10.2 Å². The quantitative estimate of drug-likeness (QED) is 0.853. The first-order valence-corrected chi connectivity index (χ1v) is 6.85. The predicted octanol–water partition coefficient (Wildman–Crippen LogP) is 0.736. The molecule has 0 bridgehead atoms. The van der Waals surface area contributed by atoms with E-state index in [0.29, 0.717) is 6.54 Å². The third-order valence-corrected chi connectivity index (χ3v) is 3.64. The van der Waals surface area contributed by atoms with Crippen LogP contribution in [0.25, 0.3) is 0 Å². The van der Waals surface area contributed by atoms with Crippen molar-refractivity contribution in [2.24, 2.45) is 7.05 Å². The molecule has 0 unspecified atom stereocenters. The molecule has 0 atom stereocenters. The molecule has 1 N–H and O–H groups in total. The van der Waals surface area contributed by atoms with Gasteiger partial charge in [0, 0.05) is 20.3 Å². The maximum absolute atomic E-state index is 12.1. The standard InChI is InChI=1S/C12H14BrN5O3/c1-16(6-10-8(13)5-14-17(10)2)11(19)7-18-4-3-9(15-18)12(20)21/h3-5H,6-7H2,1-2H3,(H,20,21). The Morgan fingerprint density at radius 1 is 1.48 bits per heavy atom. The van der Waals surface area contributed by atoms with E-state index in [9.17, 15) is 9.59 Å². The van der Waals surface area contributed by atoms with E-state index in [1.165, 1.54) is 21.8 Å². The maximum atomic E-state index is 12.1. The lowest BCUT2D eigenvalue weighted by atomic mass is 10.4. The number of amides is 1. The molecule has 0 saturated carbocycles. The number of carbonyl (C=O) groups excluding carboxylic acids is 1. The Morgan fingerprint density at radius 2 is 2.19 bits per heavy atom. The molecule has 0 aliphatic rings. The van der Waals surface area contributed by atoms with Crippen LogP contribution in [0, 0.1) is 0 Å². The van der Waals surface area contributed by atoms with Gasteiger partial charge in [0.05, 0.1) is 22.9 Å². The normalized spacial score (nSPS) is 10.6. The van der Waals surface area contributed by atoms with E-state index >= 15 is 0 Å². The molecule has 9 heteroatoms. The summed E-state index contributed by atoms with van der Waals surface area (Å²) in [5.74, 6) is -1.29. The van der Waals surface area contributed by atoms with Crippen molar-refractivity contribution in [1.29, 1.82) is 0 Å². The zero-order chi connectivity index (χ0) is 15.6. The maximum Gasteiger partial charge on any atom is 0.356 e. The molecule has 0 aliphatic carbocycles. The Kier molecular flexibility index (Phi) is 4.41. The van der Waals surface area contributed by atoms with Gasteiger partial charge < -0.3 is 10.0 Å². The minimum Gasteiger partial charge on any atom is -0.476 e. The highest BCUT2D eigenvalue weighted by Crippen LogP contribution is 2.16. The Labute approximate surface area is 129 Å². The topological polar surface area (TPSA) is 93.2 Å². The van der Waals surface area contributed by atoms with Crippen LogP contribution in [-0.4, -0.2) is 48.5 Å². The lowest BCUT2D eigenvalue weighted by Gasteiger charge is -2.17. The summed E-state index contributed by atoms with van der Waals surface area (Å²) >= 11 is 3.38. The predicted molar refractivity (Wildman–Crippen MR) is 76.6 cm³/mol. The van der Waals surface area contributed by atoms with Crippen molar-refractivity contribution in [1.82, 2.24) is 24.5 Å². The Balaban J connectivity index is 2.01. The van der Waals surface area contributed by atoms with Crippen molar-refractivity contribution in [3.63, 3.8) is 0 Å². The van der Waals surface area contributed by atoms with Crippen LogP contribution in [-0.2, 0) is 24.9 Å². The Hall–Kier alpha value is -2.16. The van der Waals surface area contributed by atoms with Crippen molar-refractivity contribution in [3.05, 3.63) is 34.3 Å². The number of aromatic nitrogens is 4. The van der Waals surface area contributed by atoms with Gasteiger partial charge in [-0.1, -0.05) is 0 Å². The lowest BCUT2D eigenvalue weighted by Crippen LogP contribution is -2.30. The number of rotatable bonds is 5. The number of aryl methyl sites for hydroxylation is 1. The molecule has 0 saturated heterocycles. The monoisotopic (exact) mass is 355 g/mol. The van der Waals surface area contributed by atoms with Crippen molar-refractivity contribution in [2.45, 2.75) is 13.1 Å².